The van der Waals surface area contributed by atoms with Crippen molar-refractivity contribution in [1.82, 2.24) is 5.32 Å². The molecule has 4 N–H and O–H groups in total. The van der Waals surface area contributed by atoms with Gasteiger partial charge in [-0.2, -0.15) is 0 Å². The molecular weight excluding hydrogens is 300 g/mol. The lowest BCUT2D eigenvalue weighted by Crippen LogP contribution is -2.32. The minimum atomic E-state index is -0.814. The van der Waals surface area contributed by atoms with Crippen molar-refractivity contribution in [3.63, 3.8) is 0 Å². The van der Waals surface area contributed by atoms with E-state index in [1.165, 1.54) is 0 Å². The molecule has 0 aromatic heterocycles. The summed E-state index contributed by atoms with van der Waals surface area (Å²) in [5.41, 5.74) is 6.72. The molecule has 7 heteroatoms. The van der Waals surface area contributed by atoms with Gasteiger partial charge in [-0.05, 0) is 37.5 Å². The van der Waals surface area contributed by atoms with E-state index in [9.17, 15) is 14.7 Å². The molecule has 0 heterocycles. The highest BCUT2D eigenvalue weighted by atomic mass is 16.6. The number of carbonyl (C=O) groups excluding carboxylic acids is 2. The summed E-state index contributed by atoms with van der Waals surface area (Å²) in [6.45, 7) is 5.63. The number of primary amides is 1. The number of amides is 2. The molecule has 23 heavy (non-hydrogen) atoms. The van der Waals surface area contributed by atoms with E-state index < -0.39 is 17.8 Å². The van der Waals surface area contributed by atoms with E-state index in [-0.39, 0.29) is 19.8 Å². The maximum Gasteiger partial charge on any atom is 0.407 e. The zero-order valence-electron chi connectivity index (χ0n) is 13.7. The number of aliphatic hydroxyl groups excluding tert-OH is 1. The SMILES string of the molecule is CC(C)(C)OC(=O)NCc1ccc(CCOC(N)=O)cc1CO. The molecule has 0 bridgehead atoms. The lowest BCUT2D eigenvalue weighted by Gasteiger charge is -2.20. The van der Waals surface area contributed by atoms with Crippen molar-refractivity contribution in [3.05, 3.63) is 34.9 Å². The van der Waals surface area contributed by atoms with Gasteiger partial charge in [0.25, 0.3) is 0 Å². The smallest absolute Gasteiger partial charge is 0.407 e. The number of nitrogens with two attached hydrogens (primary N) is 1. The molecule has 1 rings (SSSR count). The molecule has 0 fully saturated rings. The molecule has 0 radical (unpaired) electrons. The summed E-state index contributed by atoms with van der Waals surface area (Å²) >= 11 is 0. The van der Waals surface area contributed by atoms with Gasteiger partial charge in [-0.3, -0.25) is 0 Å². The van der Waals surface area contributed by atoms with Crippen LogP contribution in [0.3, 0.4) is 0 Å². The fraction of sp³-hybridized carbons (Fsp3) is 0.500. The summed E-state index contributed by atoms with van der Waals surface area (Å²) in [5.74, 6) is 0. The summed E-state index contributed by atoms with van der Waals surface area (Å²) in [4.78, 5) is 22.2. The molecule has 0 aliphatic carbocycles. The third-order valence-electron chi connectivity index (χ3n) is 2.90. The molecule has 1 aromatic carbocycles. The van der Waals surface area contributed by atoms with Crippen molar-refractivity contribution >= 4 is 12.2 Å². The molecule has 0 spiro atoms. The number of rotatable bonds is 6. The summed E-state index contributed by atoms with van der Waals surface area (Å²) in [7, 11) is 0. The van der Waals surface area contributed by atoms with Crippen LogP contribution in [0.15, 0.2) is 18.2 Å². The van der Waals surface area contributed by atoms with Crippen molar-refractivity contribution in [2.75, 3.05) is 6.61 Å². The van der Waals surface area contributed by atoms with Crippen molar-refractivity contribution in [2.24, 2.45) is 5.73 Å². The van der Waals surface area contributed by atoms with E-state index in [2.05, 4.69) is 10.1 Å². The molecule has 7 nitrogen and oxygen atoms in total. The van der Waals surface area contributed by atoms with Crippen LogP contribution >= 0.6 is 0 Å². The minimum absolute atomic E-state index is 0.157. The molecule has 0 unspecified atom stereocenters. The van der Waals surface area contributed by atoms with Crippen molar-refractivity contribution in [3.8, 4) is 0 Å². The van der Waals surface area contributed by atoms with Crippen molar-refractivity contribution in [1.29, 1.82) is 0 Å². The summed E-state index contributed by atoms with van der Waals surface area (Å²) in [6, 6.07) is 5.45. The lowest BCUT2D eigenvalue weighted by atomic mass is 10.0. The van der Waals surface area contributed by atoms with Crippen LogP contribution in [0.25, 0.3) is 0 Å². The van der Waals surface area contributed by atoms with E-state index >= 15 is 0 Å². The van der Waals surface area contributed by atoms with E-state index in [0.717, 1.165) is 11.1 Å². The van der Waals surface area contributed by atoms with Crippen LogP contribution < -0.4 is 11.1 Å². The van der Waals surface area contributed by atoms with Gasteiger partial charge in [0.1, 0.15) is 5.60 Å². The van der Waals surface area contributed by atoms with Crippen LogP contribution in [0.2, 0.25) is 0 Å². The normalized spacial score (nSPS) is 11.0. The van der Waals surface area contributed by atoms with Gasteiger partial charge in [0, 0.05) is 13.0 Å². The average Bonchev–Trinajstić information content (AvgIpc) is 2.43. The summed E-state index contributed by atoms with van der Waals surface area (Å²) in [6.07, 6.45) is -0.832. The molecule has 0 saturated carbocycles. The highest BCUT2D eigenvalue weighted by Gasteiger charge is 2.16. The Morgan fingerprint density at radius 2 is 1.96 bits per heavy atom. The Balaban J connectivity index is 2.62. The number of carbonyl (C=O) groups is 2. The summed E-state index contributed by atoms with van der Waals surface area (Å²) < 4.78 is 9.84. The van der Waals surface area contributed by atoms with Crippen LogP contribution in [0, 0.1) is 0 Å². The van der Waals surface area contributed by atoms with E-state index in [1.807, 2.05) is 12.1 Å². The van der Waals surface area contributed by atoms with Gasteiger partial charge in [-0.15, -0.1) is 0 Å². The maximum absolute atomic E-state index is 11.6. The van der Waals surface area contributed by atoms with Crippen LogP contribution in [-0.2, 0) is 29.0 Å². The monoisotopic (exact) mass is 324 g/mol. The van der Waals surface area contributed by atoms with E-state index in [0.29, 0.717) is 12.0 Å². The molecule has 128 valence electrons. The van der Waals surface area contributed by atoms with Crippen LogP contribution in [0.1, 0.15) is 37.5 Å². The lowest BCUT2D eigenvalue weighted by molar-refractivity contribution is 0.0523. The molecule has 2 amide bonds. The minimum Gasteiger partial charge on any atom is -0.449 e. The highest BCUT2D eigenvalue weighted by Crippen LogP contribution is 2.14. The first-order chi connectivity index (χ1) is 10.7. The Labute approximate surface area is 135 Å². The predicted octanol–water partition coefficient (Wildman–Crippen LogP) is 1.84. The molecule has 0 atom stereocenters. The molecule has 1 aromatic rings. The second-order valence-corrected chi connectivity index (χ2v) is 6.03. The van der Waals surface area contributed by atoms with Gasteiger partial charge >= 0.3 is 12.2 Å². The van der Waals surface area contributed by atoms with E-state index in [1.54, 1.807) is 26.8 Å². The van der Waals surface area contributed by atoms with Gasteiger partial charge in [0.05, 0.1) is 13.2 Å². The Kier molecular flexibility index (Phi) is 6.84. The van der Waals surface area contributed by atoms with Gasteiger partial charge < -0.3 is 25.6 Å². The largest absolute Gasteiger partial charge is 0.449 e. The number of aliphatic hydroxyl groups is 1. The average molecular weight is 324 g/mol. The highest BCUT2D eigenvalue weighted by molar-refractivity contribution is 5.67. The van der Waals surface area contributed by atoms with Crippen LogP contribution in [-0.4, -0.2) is 29.5 Å². The topological polar surface area (TPSA) is 111 Å². The van der Waals surface area contributed by atoms with Gasteiger partial charge in [0.2, 0.25) is 0 Å². The first-order valence-corrected chi connectivity index (χ1v) is 7.32. The third kappa shape index (κ3) is 7.51. The Hall–Kier alpha value is -2.28. The number of alkyl carbamates (subject to hydrolysis) is 1. The van der Waals surface area contributed by atoms with Gasteiger partial charge in [0.15, 0.2) is 0 Å². The maximum atomic E-state index is 11.6. The molecular formula is C16H24N2O5. The number of benzene rings is 1. The van der Waals surface area contributed by atoms with E-state index in [4.69, 9.17) is 10.5 Å². The fourth-order valence-corrected chi connectivity index (χ4v) is 1.91. The van der Waals surface area contributed by atoms with Gasteiger partial charge in [-0.25, -0.2) is 9.59 Å². The number of ether oxygens (including phenoxy) is 2. The standard InChI is InChI=1S/C16H24N2O5/c1-16(2,3)23-15(21)18-9-12-5-4-11(8-13(12)10-19)6-7-22-14(17)20/h4-5,8,19H,6-7,9-10H2,1-3H3,(H2,17,20)(H,18,21). The zero-order valence-corrected chi connectivity index (χ0v) is 13.7. The Bertz CT molecular complexity index is 552. The first kappa shape index (κ1) is 18.8. The number of nitrogens with one attached hydrogen (secondary N) is 1. The quantitative estimate of drug-likeness (QED) is 0.739. The number of hydrogen-bond donors (Lipinski definition) is 3. The van der Waals surface area contributed by atoms with Gasteiger partial charge in [-0.1, -0.05) is 18.2 Å². The molecule has 0 aliphatic heterocycles. The first-order valence-electron chi connectivity index (χ1n) is 7.32. The van der Waals surface area contributed by atoms with Crippen molar-refractivity contribution < 1.29 is 24.2 Å². The Morgan fingerprint density at radius 1 is 1.26 bits per heavy atom. The fourth-order valence-electron chi connectivity index (χ4n) is 1.91. The third-order valence-corrected chi connectivity index (χ3v) is 2.90. The second kappa shape index (κ2) is 8.38. The second-order valence-electron chi connectivity index (χ2n) is 6.03. The Morgan fingerprint density at radius 3 is 2.52 bits per heavy atom. The number of hydrogen-bond acceptors (Lipinski definition) is 5. The molecule has 0 aliphatic rings. The zero-order chi connectivity index (χ0) is 17.5. The summed E-state index contributed by atoms with van der Waals surface area (Å²) in [5, 5.41) is 12.1. The van der Waals surface area contributed by atoms with Crippen molar-refractivity contribution in [2.45, 2.75) is 45.9 Å². The predicted molar refractivity (Wildman–Crippen MR) is 84.7 cm³/mol. The van der Waals surface area contributed by atoms with Crippen LogP contribution in [0.5, 0.6) is 0 Å². The molecule has 0 saturated heterocycles. The van der Waals surface area contributed by atoms with Crippen LogP contribution in [0.4, 0.5) is 9.59 Å².